The number of benzene rings is 1. The van der Waals surface area contributed by atoms with Gasteiger partial charge in [-0.25, -0.2) is 0 Å². The molecule has 0 spiro atoms. The lowest BCUT2D eigenvalue weighted by molar-refractivity contribution is -0.135. The summed E-state index contributed by atoms with van der Waals surface area (Å²) in [4.78, 5) is 32.4. The lowest BCUT2D eigenvalue weighted by atomic mass is 10.1. The lowest BCUT2D eigenvalue weighted by Gasteiger charge is -2.33. The number of piperidine rings is 1. The van der Waals surface area contributed by atoms with E-state index in [0.29, 0.717) is 12.5 Å². The lowest BCUT2D eigenvalue weighted by Crippen LogP contribution is -2.47. The van der Waals surface area contributed by atoms with Gasteiger partial charge in [0.2, 0.25) is 5.91 Å². The molecule has 2 heterocycles. The van der Waals surface area contributed by atoms with Gasteiger partial charge in [0.05, 0.1) is 6.04 Å². The van der Waals surface area contributed by atoms with E-state index in [2.05, 4.69) is 9.80 Å². The third-order valence-corrected chi connectivity index (χ3v) is 6.47. The largest absolute Gasteiger partial charge is 0.337 e. The molecular weight excluding hydrogens is 350 g/mol. The van der Waals surface area contributed by atoms with Crippen LogP contribution in [0.3, 0.4) is 0 Å². The molecule has 1 aromatic carbocycles. The molecule has 2 saturated heterocycles. The van der Waals surface area contributed by atoms with Crippen molar-refractivity contribution in [2.75, 3.05) is 39.3 Å². The van der Waals surface area contributed by atoms with Crippen LogP contribution < -0.4 is 0 Å². The van der Waals surface area contributed by atoms with Gasteiger partial charge in [0.25, 0.3) is 5.91 Å². The molecule has 0 aromatic heterocycles. The smallest absolute Gasteiger partial charge is 0.253 e. The second-order valence-corrected chi connectivity index (χ2v) is 8.77. The summed E-state index contributed by atoms with van der Waals surface area (Å²) in [6, 6.07) is 7.98. The standard InChI is InChI=1S/C23H33N3O2/c1-18-6-5-7-20(16-18)22(27)25-13-10-21(17-25)26(23(28)19-8-9-19)15-14-24-11-3-2-4-12-24/h5-7,16,19,21H,2-4,8-15,17H2,1H3. The summed E-state index contributed by atoms with van der Waals surface area (Å²) in [6.45, 7) is 7.54. The van der Waals surface area contributed by atoms with E-state index in [1.807, 2.05) is 36.1 Å². The van der Waals surface area contributed by atoms with Crippen molar-refractivity contribution in [3.05, 3.63) is 35.4 Å². The SMILES string of the molecule is Cc1cccc(C(=O)N2CCC(N(CCN3CCCCC3)C(=O)C3CC3)C2)c1. The summed E-state index contributed by atoms with van der Waals surface area (Å²) in [5, 5.41) is 0. The van der Waals surface area contributed by atoms with Gasteiger partial charge in [0, 0.05) is 37.7 Å². The minimum atomic E-state index is 0.0982. The molecule has 0 radical (unpaired) electrons. The number of carbonyl (C=O) groups is 2. The first-order valence-electron chi connectivity index (χ1n) is 11.0. The Balaban J connectivity index is 1.39. The highest BCUT2D eigenvalue weighted by Gasteiger charge is 2.39. The molecule has 1 aliphatic carbocycles. The molecule has 152 valence electrons. The van der Waals surface area contributed by atoms with Crippen LogP contribution in [0.5, 0.6) is 0 Å². The molecule has 2 aliphatic heterocycles. The van der Waals surface area contributed by atoms with Crippen molar-refractivity contribution in [2.24, 2.45) is 5.92 Å². The minimum absolute atomic E-state index is 0.0982. The van der Waals surface area contributed by atoms with Crippen molar-refractivity contribution in [2.45, 2.75) is 51.5 Å². The van der Waals surface area contributed by atoms with Gasteiger partial charge in [-0.2, -0.15) is 0 Å². The second kappa shape index (κ2) is 8.64. The average molecular weight is 384 g/mol. The fraction of sp³-hybridized carbons (Fsp3) is 0.652. The van der Waals surface area contributed by atoms with E-state index >= 15 is 0 Å². The van der Waals surface area contributed by atoms with Gasteiger partial charge in [-0.1, -0.05) is 24.1 Å². The minimum Gasteiger partial charge on any atom is -0.337 e. The topological polar surface area (TPSA) is 43.9 Å². The molecule has 5 heteroatoms. The Hall–Kier alpha value is -1.88. The molecule has 1 unspecified atom stereocenters. The molecule has 1 atom stereocenters. The number of likely N-dealkylation sites (tertiary alicyclic amines) is 2. The summed E-state index contributed by atoms with van der Waals surface area (Å²) in [6.07, 6.45) is 6.86. The number of carbonyl (C=O) groups excluding carboxylic acids is 2. The van der Waals surface area contributed by atoms with Crippen molar-refractivity contribution >= 4 is 11.8 Å². The number of nitrogens with zero attached hydrogens (tertiary/aromatic N) is 3. The normalized spacial score (nSPS) is 23.0. The molecule has 3 fully saturated rings. The summed E-state index contributed by atoms with van der Waals surface area (Å²) in [7, 11) is 0. The molecule has 5 nitrogen and oxygen atoms in total. The van der Waals surface area contributed by atoms with Gasteiger partial charge < -0.3 is 14.7 Å². The summed E-state index contributed by atoms with van der Waals surface area (Å²) >= 11 is 0. The van der Waals surface area contributed by atoms with Crippen LogP contribution in [-0.2, 0) is 4.79 Å². The predicted octanol–water partition coefficient (Wildman–Crippen LogP) is 2.93. The van der Waals surface area contributed by atoms with Crippen molar-refractivity contribution in [1.82, 2.24) is 14.7 Å². The van der Waals surface area contributed by atoms with E-state index in [0.717, 1.165) is 63.1 Å². The van der Waals surface area contributed by atoms with Crippen molar-refractivity contribution in [3.8, 4) is 0 Å². The van der Waals surface area contributed by atoms with Crippen LogP contribution in [0.4, 0.5) is 0 Å². The molecule has 1 aromatic rings. The molecule has 28 heavy (non-hydrogen) atoms. The zero-order valence-electron chi connectivity index (χ0n) is 17.1. The molecular formula is C23H33N3O2. The monoisotopic (exact) mass is 383 g/mol. The maximum atomic E-state index is 13.0. The van der Waals surface area contributed by atoms with Crippen LogP contribution in [0, 0.1) is 12.8 Å². The van der Waals surface area contributed by atoms with Gasteiger partial charge >= 0.3 is 0 Å². The fourth-order valence-electron chi connectivity index (χ4n) is 4.61. The summed E-state index contributed by atoms with van der Waals surface area (Å²) in [5.41, 5.74) is 1.86. The number of aryl methyl sites for hydroxylation is 1. The van der Waals surface area contributed by atoms with E-state index in [4.69, 9.17) is 0 Å². The Bertz CT molecular complexity index is 710. The van der Waals surface area contributed by atoms with Crippen molar-refractivity contribution in [3.63, 3.8) is 0 Å². The molecule has 0 bridgehead atoms. The molecule has 2 amide bonds. The van der Waals surface area contributed by atoms with Gasteiger partial charge in [0.15, 0.2) is 0 Å². The van der Waals surface area contributed by atoms with Gasteiger partial charge in [0.1, 0.15) is 0 Å². The highest BCUT2D eigenvalue weighted by Crippen LogP contribution is 2.33. The van der Waals surface area contributed by atoms with Gasteiger partial charge in [-0.3, -0.25) is 9.59 Å². The number of amides is 2. The first-order valence-corrected chi connectivity index (χ1v) is 11.0. The summed E-state index contributed by atoms with van der Waals surface area (Å²) in [5.74, 6) is 0.663. The Morgan fingerprint density at radius 2 is 1.86 bits per heavy atom. The Kier molecular flexibility index (Phi) is 6.00. The van der Waals surface area contributed by atoms with Crippen LogP contribution >= 0.6 is 0 Å². The van der Waals surface area contributed by atoms with Crippen molar-refractivity contribution in [1.29, 1.82) is 0 Å². The van der Waals surface area contributed by atoms with Gasteiger partial charge in [-0.15, -0.1) is 0 Å². The van der Waals surface area contributed by atoms with Crippen LogP contribution in [0.15, 0.2) is 24.3 Å². The van der Waals surface area contributed by atoms with E-state index in [9.17, 15) is 9.59 Å². The molecule has 4 rings (SSSR count). The maximum Gasteiger partial charge on any atom is 0.253 e. The predicted molar refractivity (Wildman–Crippen MR) is 110 cm³/mol. The molecule has 0 N–H and O–H groups in total. The molecule has 1 saturated carbocycles. The van der Waals surface area contributed by atoms with E-state index in [-0.39, 0.29) is 17.9 Å². The molecule has 3 aliphatic rings. The van der Waals surface area contributed by atoms with Crippen LogP contribution in [0.2, 0.25) is 0 Å². The third kappa shape index (κ3) is 4.57. The Labute approximate surface area is 168 Å². The quantitative estimate of drug-likeness (QED) is 0.759. The van der Waals surface area contributed by atoms with Crippen molar-refractivity contribution < 1.29 is 9.59 Å². The number of hydrogen-bond donors (Lipinski definition) is 0. The number of rotatable bonds is 6. The zero-order valence-corrected chi connectivity index (χ0v) is 17.1. The highest BCUT2D eigenvalue weighted by atomic mass is 16.2. The first-order chi connectivity index (χ1) is 13.6. The Morgan fingerprint density at radius 3 is 2.57 bits per heavy atom. The maximum absolute atomic E-state index is 13.0. The van der Waals surface area contributed by atoms with Crippen LogP contribution in [-0.4, -0.2) is 71.8 Å². The zero-order chi connectivity index (χ0) is 19.5. The third-order valence-electron chi connectivity index (χ3n) is 6.47. The average Bonchev–Trinajstić information content (AvgIpc) is 3.46. The van der Waals surface area contributed by atoms with E-state index < -0.39 is 0 Å². The highest BCUT2D eigenvalue weighted by molar-refractivity contribution is 5.94. The van der Waals surface area contributed by atoms with Gasteiger partial charge in [-0.05, 0) is 64.3 Å². The second-order valence-electron chi connectivity index (χ2n) is 8.77. The number of hydrogen-bond acceptors (Lipinski definition) is 3. The first kappa shape index (κ1) is 19.4. The summed E-state index contributed by atoms with van der Waals surface area (Å²) < 4.78 is 0. The Morgan fingerprint density at radius 1 is 1.07 bits per heavy atom. The van der Waals surface area contributed by atoms with E-state index in [1.54, 1.807) is 0 Å². The van der Waals surface area contributed by atoms with Crippen LogP contribution in [0.1, 0.15) is 54.4 Å². The van der Waals surface area contributed by atoms with Crippen LogP contribution in [0.25, 0.3) is 0 Å². The van der Waals surface area contributed by atoms with E-state index in [1.165, 1.54) is 19.3 Å². The fourth-order valence-corrected chi connectivity index (χ4v) is 4.61.